The number of nitrogens with zero attached hydrogens (tertiary/aromatic N) is 1. The summed E-state index contributed by atoms with van der Waals surface area (Å²) in [5, 5.41) is 10.2. The van der Waals surface area contributed by atoms with E-state index in [-0.39, 0.29) is 11.5 Å². The van der Waals surface area contributed by atoms with Gasteiger partial charge >= 0.3 is 0 Å². The molecule has 5 heteroatoms. The van der Waals surface area contributed by atoms with Crippen LogP contribution in [0.2, 0.25) is 0 Å². The van der Waals surface area contributed by atoms with E-state index in [1.54, 1.807) is 28.6 Å². The number of sulfonamides is 1. The van der Waals surface area contributed by atoms with Gasteiger partial charge in [-0.1, -0.05) is 48.5 Å². The van der Waals surface area contributed by atoms with E-state index in [1.165, 1.54) is 5.56 Å². The molecule has 1 saturated heterocycles. The molecule has 4 rings (SSSR count). The molecule has 1 N–H and O–H groups in total. The van der Waals surface area contributed by atoms with Crippen molar-refractivity contribution in [2.45, 2.75) is 43.1 Å². The Hall–Kier alpha value is -1.69. The van der Waals surface area contributed by atoms with Crippen LogP contribution in [-0.4, -0.2) is 37.0 Å². The molecular weight excluding hydrogens is 358 g/mol. The maximum absolute atomic E-state index is 13.2. The summed E-state index contributed by atoms with van der Waals surface area (Å²) in [6.07, 6.45) is 3.83. The SMILES string of the molecule is O=S(=O)(c1ccccc1)N1CCC2C[C@@H](O)CC[C@]2(Cc2ccccc2)C1. The lowest BCUT2D eigenvalue weighted by Crippen LogP contribution is -2.54. The first kappa shape index (κ1) is 18.7. The van der Waals surface area contributed by atoms with E-state index in [9.17, 15) is 13.5 Å². The number of piperidine rings is 1. The normalized spacial score (nSPS) is 29.2. The van der Waals surface area contributed by atoms with Crippen molar-refractivity contribution in [3.05, 3.63) is 66.2 Å². The topological polar surface area (TPSA) is 57.6 Å². The molecule has 1 aliphatic heterocycles. The third-order valence-electron chi connectivity index (χ3n) is 6.40. The summed E-state index contributed by atoms with van der Waals surface area (Å²) in [7, 11) is -3.49. The third-order valence-corrected chi connectivity index (χ3v) is 8.26. The van der Waals surface area contributed by atoms with E-state index in [2.05, 4.69) is 12.1 Å². The van der Waals surface area contributed by atoms with Gasteiger partial charge < -0.3 is 5.11 Å². The first-order chi connectivity index (χ1) is 13.0. The fraction of sp³-hybridized carbons (Fsp3) is 0.455. The van der Waals surface area contributed by atoms with Crippen molar-refractivity contribution >= 4 is 10.0 Å². The van der Waals surface area contributed by atoms with Crippen LogP contribution in [-0.2, 0) is 16.4 Å². The first-order valence-electron chi connectivity index (χ1n) is 9.77. The standard InChI is InChI=1S/C22H27NO3S/c24-20-11-13-22(16-18-7-3-1-4-8-18)17-23(14-12-19(22)15-20)27(25,26)21-9-5-2-6-10-21/h1-10,19-20,24H,11-17H2/t19?,20-,22-/m0/s1. The highest BCUT2D eigenvalue weighted by molar-refractivity contribution is 7.89. The maximum Gasteiger partial charge on any atom is 0.243 e. The molecule has 144 valence electrons. The van der Waals surface area contributed by atoms with Crippen LogP contribution in [0.15, 0.2) is 65.6 Å². The molecule has 2 aliphatic rings. The van der Waals surface area contributed by atoms with Gasteiger partial charge in [-0.15, -0.1) is 0 Å². The molecule has 0 aromatic heterocycles. The minimum Gasteiger partial charge on any atom is -0.393 e. The van der Waals surface area contributed by atoms with Gasteiger partial charge in [0.15, 0.2) is 0 Å². The third kappa shape index (κ3) is 3.68. The number of hydrogen-bond donors (Lipinski definition) is 1. The van der Waals surface area contributed by atoms with Crippen LogP contribution in [0.5, 0.6) is 0 Å². The molecule has 1 saturated carbocycles. The molecule has 2 aromatic rings. The summed E-state index contributed by atoms with van der Waals surface area (Å²) in [5.41, 5.74) is 1.15. The summed E-state index contributed by atoms with van der Waals surface area (Å²) in [6, 6.07) is 19.1. The molecule has 3 atom stereocenters. The Kier molecular flexibility index (Phi) is 5.10. The van der Waals surface area contributed by atoms with Crippen molar-refractivity contribution in [3.63, 3.8) is 0 Å². The highest BCUT2D eigenvalue weighted by atomic mass is 32.2. The van der Waals surface area contributed by atoms with Gasteiger partial charge in [0.05, 0.1) is 11.0 Å². The minimum atomic E-state index is -3.49. The number of aliphatic hydroxyl groups is 1. The average Bonchev–Trinajstić information content (AvgIpc) is 2.69. The number of aliphatic hydroxyl groups excluding tert-OH is 1. The largest absolute Gasteiger partial charge is 0.393 e. The summed E-state index contributed by atoms with van der Waals surface area (Å²) >= 11 is 0. The molecule has 2 fully saturated rings. The van der Waals surface area contributed by atoms with Crippen molar-refractivity contribution in [3.8, 4) is 0 Å². The summed E-state index contributed by atoms with van der Waals surface area (Å²) in [6.45, 7) is 1.07. The Morgan fingerprint density at radius 1 is 1.00 bits per heavy atom. The molecule has 4 nitrogen and oxygen atoms in total. The first-order valence-corrected chi connectivity index (χ1v) is 11.2. The van der Waals surface area contributed by atoms with E-state index in [0.717, 1.165) is 32.1 Å². The van der Waals surface area contributed by atoms with Crippen LogP contribution in [0.4, 0.5) is 0 Å². The van der Waals surface area contributed by atoms with Gasteiger partial charge in [0.2, 0.25) is 10.0 Å². The lowest BCUT2D eigenvalue weighted by Gasteiger charge is -2.52. The number of fused-ring (bicyclic) bond motifs is 1. The molecule has 1 aliphatic carbocycles. The van der Waals surface area contributed by atoms with Crippen LogP contribution in [0.3, 0.4) is 0 Å². The van der Waals surface area contributed by atoms with E-state index in [0.29, 0.717) is 23.9 Å². The predicted molar refractivity (Wildman–Crippen MR) is 106 cm³/mol. The van der Waals surface area contributed by atoms with Gasteiger partial charge in [-0.2, -0.15) is 4.31 Å². The van der Waals surface area contributed by atoms with Gasteiger partial charge in [-0.05, 0) is 61.1 Å². The van der Waals surface area contributed by atoms with Crippen LogP contribution in [0.1, 0.15) is 31.2 Å². The highest BCUT2D eigenvalue weighted by Gasteiger charge is 2.48. The van der Waals surface area contributed by atoms with Crippen LogP contribution >= 0.6 is 0 Å². The Labute approximate surface area is 161 Å². The van der Waals surface area contributed by atoms with Gasteiger partial charge in [-0.3, -0.25) is 0 Å². The van der Waals surface area contributed by atoms with Gasteiger partial charge in [-0.25, -0.2) is 8.42 Å². The summed E-state index contributed by atoms with van der Waals surface area (Å²) < 4.78 is 28.1. The second kappa shape index (κ2) is 7.38. The van der Waals surface area contributed by atoms with Crippen LogP contribution in [0, 0.1) is 11.3 Å². The molecule has 1 unspecified atom stereocenters. The van der Waals surface area contributed by atoms with Gasteiger partial charge in [0.1, 0.15) is 0 Å². The lowest BCUT2D eigenvalue weighted by atomic mass is 9.60. The summed E-state index contributed by atoms with van der Waals surface area (Å²) in [4.78, 5) is 0.370. The fourth-order valence-electron chi connectivity index (χ4n) is 4.95. The molecule has 0 radical (unpaired) electrons. The van der Waals surface area contributed by atoms with Gasteiger partial charge in [0.25, 0.3) is 0 Å². The average molecular weight is 386 g/mol. The Bertz CT molecular complexity index is 869. The highest BCUT2D eigenvalue weighted by Crippen LogP contribution is 2.49. The zero-order chi connectivity index (χ0) is 18.9. The van der Waals surface area contributed by atoms with E-state index in [4.69, 9.17) is 0 Å². The molecular formula is C22H27NO3S. The smallest absolute Gasteiger partial charge is 0.243 e. The van der Waals surface area contributed by atoms with Crippen molar-refractivity contribution in [2.75, 3.05) is 13.1 Å². The quantitative estimate of drug-likeness (QED) is 0.877. The molecule has 1 heterocycles. The molecule has 2 aromatic carbocycles. The minimum absolute atomic E-state index is 0.0965. The van der Waals surface area contributed by atoms with E-state index < -0.39 is 10.0 Å². The van der Waals surface area contributed by atoms with Gasteiger partial charge in [0, 0.05) is 13.1 Å². The summed E-state index contributed by atoms with van der Waals surface area (Å²) in [5.74, 6) is 0.365. The van der Waals surface area contributed by atoms with E-state index in [1.807, 2.05) is 24.3 Å². The zero-order valence-electron chi connectivity index (χ0n) is 15.5. The number of benzene rings is 2. The monoisotopic (exact) mass is 385 g/mol. The molecule has 0 amide bonds. The molecule has 0 bridgehead atoms. The van der Waals surface area contributed by atoms with Crippen LogP contribution in [0.25, 0.3) is 0 Å². The Balaban J connectivity index is 1.65. The predicted octanol–water partition coefficient (Wildman–Crippen LogP) is 3.47. The number of hydrogen-bond acceptors (Lipinski definition) is 3. The maximum atomic E-state index is 13.2. The van der Waals surface area contributed by atoms with Crippen molar-refractivity contribution in [1.82, 2.24) is 4.31 Å². The number of rotatable bonds is 4. The van der Waals surface area contributed by atoms with Crippen molar-refractivity contribution in [1.29, 1.82) is 0 Å². The zero-order valence-corrected chi connectivity index (χ0v) is 16.3. The van der Waals surface area contributed by atoms with E-state index >= 15 is 0 Å². The Morgan fingerprint density at radius 2 is 1.67 bits per heavy atom. The lowest BCUT2D eigenvalue weighted by molar-refractivity contribution is -0.0290. The molecule has 27 heavy (non-hydrogen) atoms. The second-order valence-corrected chi connectivity index (χ2v) is 10.0. The van der Waals surface area contributed by atoms with Crippen LogP contribution < -0.4 is 0 Å². The van der Waals surface area contributed by atoms with Crippen molar-refractivity contribution < 1.29 is 13.5 Å². The van der Waals surface area contributed by atoms with Crippen molar-refractivity contribution in [2.24, 2.45) is 11.3 Å². The Morgan fingerprint density at radius 3 is 2.37 bits per heavy atom. The molecule has 0 spiro atoms. The fourth-order valence-corrected chi connectivity index (χ4v) is 6.53. The second-order valence-electron chi connectivity index (χ2n) is 8.09.